The molecule has 0 bridgehead atoms. The molecule has 0 saturated carbocycles. The number of hydrogen-bond donors (Lipinski definition) is 0. The van der Waals surface area contributed by atoms with E-state index in [4.69, 9.17) is 0 Å². The van der Waals surface area contributed by atoms with Gasteiger partial charge in [-0.1, -0.05) is 0 Å². The Morgan fingerprint density at radius 3 is 2.58 bits per heavy atom. The van der Waals surface area contributed by atoms with Gasteiger partial charge in [0.2, 0.25) is 6.17 Å². The Bertz CT molecular complexity index is 199. The zero-order chi connectivity index (χ0) is 9.35. The van der Waals surface area contributed by atoms with E-state index in [2.05, 4.69) is 9.47 Å². The van der Waals surface area contributed by atoms with E-state index in [0.717, 1.165) is 0 Å². The lowest BCUT2D eigenvalue weighted by Gasteiger charge is -2.18. The maximum Gasteiger partial charge on any atom is 0.514 e. The molecule has 0 aromatic rings. The Kier molecular flexibility index (Phi) is 2.12. The fraction of sp³-hybridized carbons (Fsp3) is 0.800. The molecule has 1 heterocycles. The minimum Gasteiger partial charge on any atom is -0.392 e. The maximum atomic E-state index is 12.8. The van der Waals surface area contributed by atoms with Gasteiger partial charge >= 0.3 is 18.4 Å². The number of alkyl halides is 4. The van der Waals surface area contributed by atoms with Crippen molar-refractivity contribution in [1.29, 1.82) is 0 Å². The van der Waals surface area contributed by atoms with Gasteiger partial charge in [-0.05, 0) is 0 Å². The van der Waals surface area contributed by atoms with Gasteiger partial charge in [-0.25, -0.2) is 13.6 Å². The molecule has 1 aliphatic heterocycles. The molecule has 0 aliphatic carbocycles. The standard InChI is InChI=1S/C5H4F4O3/c6-1-2(7)5(9)3(8)11-4(10)12-5/h2-3H,1H2. The molecule has 1 rings (SSSR count). The minimum absolute atomic E-state index is 1.69. The number of hydrogen-bond acceptors (Lipinski definition) is 3. The van der Waals surface area contributed by atoms with E-state index in [9.17, 15) is 22.4 Å². The average Bonchev–Trinajstić information content (AvgIpc) is 2.26. The topological polar surface area (TPSA) is 35.5 Å². The molecule has 3 unspecified atom stereocenters. The summed E-state index contributed by atoms with van der Waals surface area (Å²) in [6, 6.07) is 0. The van der Waals surface area contributed by atoms with E-state index in [1.54, 1.807) is 0 Å². The van der Waals surface area contributed by atoms with Crippen molar-refractivity contribution in [3.63, 3.8) is 0 Å². The predicted molar refractivity (Wildman–Crippen MR) is 27.2 cm³/mol. The smallest absolute Gasteiger partial charge is 0.392 e. The summed E-state index contributed by atoms with van der Waals surface area (Å²) < 4.78 is 55.9. The molecule has 0 aromatic heterocycles. The number of ether oxygens (including phenoxy) is 2. The van der Waals surface area contributed by atoms with Crippen LogP contribution in [0.1, 0.15) is 0 Å². The summed E-state index contributed by atoms with van der Waals surface area (Å²) >= 11 is 0. The highest BCUT2D eigenvalue weighted by atomic mass is 19.2. The molecule has 0 aromatic carbocycles. The van der Waals surface area contributed by atoms with Gasteiger partial charge < -0.3 is 9.47 Å². The average molecular weight is 188 g/mol. The van der Waals surface area contributed by atoms with Crippen molar-refractivity contribution in [3.8, 4) is 0 Å². The van der Waals surface area contributed by atoms with Crippen LogP contribution >= 0.6 is 0 Å². The molecule has 3 nitrogen and oxygen atoms in total. The van der Waals surface area contributed by atoms with Gasteiger partial charge in [0, 0.05) is 0 Å². The van der Waals surface area contributed by atoms with Gasteiger partial charge in [0.15, 0.2) is 0 Å². The quantitative estimate of drug-likeness (QED) is 0.485. The monoisotopic (exact) mass is 188 g/mol. The Balaban J connectivity index is 2.76. The first-order valence-corrected chi connectivity index (χ1v) is 2.93. The molecule has 3 atom stereocenters. The molecular formula is C5H4F4O3. The van der Waals surface area contributed by atoms with E-state index >= 15 is 0 Å². The second kappa shape index (κ2) is 2.80. The van der Waals surface area contributed by atoms with Gasteiger partial charge in [0.1, 0.15) is 6.67 Å². The van der Waals surface area contributed by atoms with Gasteiger partial charge in [-0.15, -0.1) is 0 Å². The van der Waals surface area contributed by atoms with Crippen molar-refractivity contribution in [1.82, 2.24) is 0 Å². The van der Waals surface area contributed by atoms with Crippen LogP contribution in [0.3, 0.4) is 0 Å². The lowest BCUT2D eigenvalue weighted by atomic mass is 10.2. The van der Waals surface area contributed by atoms with Crippen LogP contribution < -0.4 is 0 Å². The third kappa shape index (κ3) is 1.19. The Morgan fingerprint density at radius 2 is 2.25 bits per heavy atom. The maximum absolute atomic E-state index is 12.8. The summed E-state index contributed by atoms with van der Waals surface area (Å²) in [5, 5.41) is 0. The summed E-state index contributed by atoms with van der Waals surface area (Å²) in [4.78, 5) is 10.1. The van der Waals surface area contributed by atoms with Crippen LogP contribution in [0.25, 0.3) is 0 Å². The zero-order valence-electron chi connectivity index (χ0n) is 5.60. The molecule has 1 aliphatic rings. The Labute approximate surface area is 64.2 Å². The summed E-state index contributed by atoms with van der Waals surface area (Å²) in [5.74, 6) is -3.65. The van der Waals surface area contributed by atoms with Crippen molar-refractivity contribution in [3.05, 3.63) is 0 Å². The summed E-state index contributed by atoms with van der Waals surface area (Å²) in [7, 11) is 0. The molecular weight excluding hydrogens is 184 g/mol. The van der Waals surface area contributed by atoms with Crippen molar-refractivity contribution >= 4 is 6.16 Å². The second-order valence-corrected chi connectivity index (χ2v) is 2.11. The van der Waals surface area contributed by atoms with Crippen LogP contribution in [0.15, 0.2) is 0 Å². The second-order valence-electron chi connectivity index (χ2n) is 2.11. The number of cyclic esters (lactones) is 2. The molecule has 0 radical (unpaired) electrons. The van der Waals surface area contributed by atoms with Crippen LogP contribution in [0, 0.1) is 0 Å². The first-order valence-electron chi connectivity index (χ1n) is 2.93. The zero-order valence-corrected chi connectivity index (χ0v) is 5.60. The third-order valence-corrected chi connectivity index (χ3v) is 1.31. The molecule has 1 fully saturated rings. The third-order valence-electron chi connectivity index (χ3n) is 1.31. The predicted octanol–water partition coefficient (Wildman–Crippen LogP) is 1.42. The fourth-order valence-corrected chi connectivity index (χ4v) is 0.674. The first-order chi connectivity index (χ1) is 5.50. The summed E-state index contributed by atoms with van der Waals surface area (Å²) in [5.41, 5.74) is 0. The normalized spacial score (nSPS) is 37.3. The Hall–Kier alpha value is -1.01. The first kappa shape index (κ1) is 9.08. The molecule has 12 heavy (non-hydrogen) atoms. The molecule has 1 saturated heterocycles. The highest BCUT2D eigenvalue weighted by Crippen LogP contribution is 2.34. The SMILES string of the molecule is O=C1OC(F)C(F)(C(F)CF)O1. The fourth-order valence-electron chi connectivity index (χ4n) is 0.674. The van der Waals surface area contributed by atoms with Crippen LogP contribution in [0.4, 0.5) is 22.4 Å². The molecule has 0 N–H and O–H groups in total. The van der Waals surface area contributed by atoms with E-state index in [1.807, 2.05) is 0 Å². The number of halogens is 4. The van der Waals surface area contributed by atoms with Crippen molar-refractivity contribution in [2.75, 3.05) is 6.67 Å². The Morgan fingerprint density at radius 1 is 1.67 bits per heavy atom. The van der Waals surface area contributed by atoms with Crippen molar-refractivity contribution < 1.29 is 31.8 Å². The highest BCUT2D eigenvalue weighted by Gasteiger charge is 2.59. The van der Waals surface area contributed by atoms with Gasteiger partial charge in [0.05, 0.1) is 0 Å². The number of carbonyl (C=O) groups is 1. The van der Waals surface area contributed by atoms with Gasteiger partial charge in [-0.2, -0.15) is 8.78 Å². The molecule has 70 valence electrons. The van der Waals surface area contributed by atoms with Crippen LogP contribution in [-0.4, -0.2) is 31.2 Å². The molecule has 0 amide bonds. The largest absolute Gasteiger partial charge is 0.514 e. The van der Waals surface area contributed by atoms with Gasteiger partial charge in [0.25, 0.3) is 0 Å². The van der Waals surface area contributed by atoms with Crippen molar-refractivity contribution in [2.24, 2.45) is 0 Å². The van der Waals surface area contributed by atoms with E-state index in [1.165, 1.54) is 0 Å². The number of rotatable bonds is 2. The lowest BCUT2D eigenvalue weighted by molar-refractivity contribution is -0.183. The summed E-state index contributed by atoms with van der Waals surface area (Å²) in [6.07, 6.45) is -7.49. The van der Waals surface area contributed by atoms with Crippen molar-refractivity contribution in [2.45, 2.75) is 18.4 Å². The van der Waals surface area contributed by atoms with Gasteiger partial charge in [-0.3, -0.25) is 0 Å². The molecule has 7 heteroatoms. The highest BCUT2D eigenvalue weighted by molar-refractivity contribution is 5.62. The van der Waals surface area contributed by atoms with Crippen LogP contribution in [0.2, 0.25) is 0 Å². The van der Waals surface area contributed by atoms with E-state index in [-0.39, 0.29) is 0 Å². The summed E-state index contributed by atoms with van der Waals surface area (Å²) in [6.45, 7) is -1.80. The number of carbonyl (C=O) groups excluding carboxylic acids is 1. The van der Waals surface area contributed by atoms with E-state index < -0.39 is 31.2 Å². The van der Waals surface area contributed by atoms with Crippen LogP contribution in [0.5, 0.6) is 0 Å². The van der Waals surface area contributed by atoms with Crippen LogP contribution in [-0.2, 0) is 9.47 Å². The van der Waals surface area contributed by atoms with E-state index in [0.29, 0.717) is 0 Å². The molecule has 0 spiro atoms. The lowest BCUT2D eigenvalue weighted by Crippen LogP contribution is -2.43. The minimum atomic E-state index is -3.65.